The number of H-pyrrole nitrogens is 2. The van der Waals surface area contributed by atoms with E-state index in [0.29, 0.717) is 17.8 Å². The Morgan fingerprint density at radius 2 is 1.82 bits per heavy atom. The van der Waals surface area contributed by atoms with Gasteiger partial charge in [-0.05, 0) is 36.8 Å². The molecule has 1 aromatic carbocycles. The highest BCUT2D eigenvalue weighted by Gasteiger charge is 2.16. The number of nitrogens with one attached hydrogen (secondary N) is 3. The predicted molar refractivity (Wildman–Crippen MR) is 153 cm³/mol. The summed E-state index contributed by atoms with van der Waals surface area (Å²) in [4.78, 5) is 33.9. The third kappa shape index (κ3) is 4.37. The Morgan fingerprint density at radius 3 is 2.67 bits per heavy atom. The minimum atomic E-state index is -0.102. The number of hydrogen-bond donors (Lipinski definition) is 3. The molecular formula is C30H23N9O. The first-order valence-electron chi connectivity index (χ1n) is 12.7. The molecule has 0 unspecified atom stereocenters. The number of amides is 1. The van der Waals surface area contributed by atoms with Crippen molar-refractivity contribution in [1.82, 2.24) is 39.7 Å². The molecule has 6 aromatic heterocycles. The topological polar surface area (TPSA) is 130 Å². The fourth-order valence-corrected chi connectivity index (χ4v) is 4.83. The highest BCUT2D eigenvalue weighted by Crippen LogP contribution is 2.32. The molecule has 10 nitrogen and oxygen atoms in total. The van der Waals surface area contributed by atoms with Gasteiger partial charge in [0.1, 0.15) is 17.8 Å². The summed E-state index contributed by atoms with van der Waals surface area (Å²) in [6.45, 7) is 1.95. The Morgan fingerprint density at radius 1 is 0.950 bits per heavy atom. The van der Waals surface area contributed by atoms with Gasteiger partial charge in [0.15, 0.2) is 5.65 Å². The van der Waals surface area contributed by atoms with Crippen LogP contribution in [0.2, 0.25) is 0 Å². The van der Waals surface area contributed by atoms with Crippen LogP contribution in [0, 0.1) is 6.92 Å². The summed E-state index contributed by atoms with van der Waals surface area (Å²) >= 11 is 0. The Bertz CT molecular complexity index is 2000. The van der Waals surface area contributed by atoms with Crippen LogP contribution in [0.25, 0.3) is 50.3 Å². The number of rotatable bonds is 6. The molecular weight excluding hydrogens is 502 g/mol. The lowest BCUT2D eigenvalue weighted by Crippen LogP contribution is -2.14. The van der Waals surface area contributed by atoms with Crippen molar-refractivity contribution in [2.45, 2.75) is 13.3 Å². The van der Waals surface area contributed by atoms with Gasteiger partial charge in [-0.2, -0.15) is 5.10 Å². The third-order valence-electron chi connectivity index (χ3n) is 6.72. The Kier molecular flexibility index (Phi) is 5.63. The summed E-state index contributed by atoms with van der Waals surface area (Å²) in [6, 6.07) is 17.5. The van der Waals surface area contributed by atoms with Gasteiger partial charge in [0, 0.05) is 46.7 Å². The van der Waals surface area contributed by atoms with Crippen molar-refractivity contribution >= 4 is 33.5 Å². The monoisotopic (exact) mass is 525 g/mol. The largest absolute Gasteiger partial charge is 0.353 e. The molecule has 0 fully saturated rings. The Labute approximate surface area is 228 Å². The van der Waals surface area contributed by atoms with E-state index in [0.717, 1.165) is 55.9 Å². The van der Waals surface area contributed by atoms with Crippen molar-refractivity contribution in [2.75, 3.05) is 5.32 Å². The maximum absolute atomic E-state index is 12.6. The summed E-state index contributed by atoms with van der Waals surface area (Å²) in [5.74, 6) is 0.686. The second-order valence-electron chi connectivity index (χ2n) is 9.57. The van der Waals surface area contributed by atoms with Gasteiger partial charge in [-0.25, -0.2) is 15.0 Å². The van der Waals surface area contributed by atoms with Crippen molar-refractivity contribution in [2.24, 2.45) is 0 Å². The fraction of sp³-hybridized carbons (Fsp3) is 0.0667. The first-order valence-corrected chi connectivity index (χ1v) is 12.7. The molecule has 3 N–H and O–H groups in total. The number of nitrogens with zero attached hydrogens (tertiary/aromatic N) is 6. The molecule has 7 rings (SSSR count). The molecule has 0 aliphatic rings. The number of aromatic nitrogens is 8. The van der Waals surface area contributed by atoms with E-state index in [1.165, 1.54) is 0 Å². The van der Waals surface area contributed by atoms with Crippen LogP contribution in [0.3, 0.4) is 0 Å². The first kappa shape index (κ1) is 23.5. The zero-order valence-corrected chi connectivity index (χ0v) is 21.5. The number of fused-ring (bicyclic) bond motifs is 2. The summed E-state index contributed by atoms with van der Waals surface area (Å²) in [5, 5.41) is 12.4. The van der Waals surface area contributed by atoms with E-state index >= 15 is 0 Å². The van der Waals surface area contributed by atoms with Crippen LogP contribution in [-0.4, -0.2) is 45.6 Å². The minimum absolute atomic E-state index is 0.102. The molecule has 0 aliphatic carbocycles. The van der Waals surface area contributed by atoms with Crippen molar-refractivity contribution in [3.63, 3.8) is 0 Å². The van der Waals surface area contributed by atoms with Crippen LogP contribution in [0.15, 0.2) is 91.9 Å². The normalized spacial score (nSPS) is 11.3. The second kappa shape index (κ2) is 9.59. The van der Waals surface area contributed by atoms with E-state index in [4.69, 9.17) is 0 Å². The third-order valence-corrected chi connectivity index (χ3v) is 6.72. The van der Waals surface area contributed by atoms with Crippen molar-refractivity contribution < 1.29 is 4.79 Å². The van der Waals surface area contributed by atoms with E-state index in [9.17, 15) is 4.79 Å². The Balaban J connectivity index is 1.21. The van der Waals surface area contributed by atoms with Gasteiger partial charge in [-0.3, -0.25) is 19.4 Å². The van der Waals surface area contributed by atoms with Gasteiger partial charge >= 0.3 is 0 Å². The van der Waals surface area contributed by atoms with E-state index in [1.54, 1.807) is 31.1 Å². The van der Waals surface area contributed by atoms with Gasteiger partial charge in [0.25, 0.3) is 0 Å². The quantitative estimate of drug-likeness (QED) is 0.272. The molecule has 0 radical (unpaired) electrons. The van der Waals surface area contributed by atoms with Gasteiger partial charge in [-0.1, -0.05) is 30.3 Å². The summed E-state index contributed by atoms with van der Waals surface area (Å²) in [6.07, 6.45) is 10.9. The minimum Gasteiger partial charge on any atom is -0.353 e. The number of benzene rings is 1. The molecule has 6 heterocycles. The van der Waals surface area contributed by atoms with Crippen molar-refractivity contribution in [3.8, 4) is 28.3 Å². The zero-order valence-electron chi connectivity index (χ0n) is 21.5. The number of carbonyl (C=O) groups excluding carboxylic acids is 1. The number of anilines is 1. The van der Waals surface area contributed by atoms with Crippen molar-refractivity contribution in [3.05, 3.63) is 103 Å². The lowest BCUT2D eigenvalue weighted by atomic mass is 10.1. The lowest BCUT2D eigenvalue weighted by molar-refractivity contribution is -0.115. The summed E-state index contributed by atoms with van der Waals surface area (Å²) < 4.78 is 1.91. The molecule has 0 aliphatic heterocycles. The summed E-state index contributed by atoms with van der Waals surface area (Å²) in [5.41, 5.74) is 7.37. The molecule has 40 heavy (non-hydrogen) atoms. The fourth-order valence-electron chi connectivity index (χ4n) is 4.83. The highest BCUT2D eigenvalue weighted by molar-refractivity contribution is 5.98. The first-order chi connectivity index (χ1) is 19.6. The van der Waals surface area contributed by atoms with Gasteiger partial charge in [0.05, 0.1) is 35.2 Å². The van der Waals surface area contributed by atoms with E-state index in [-0.39, 0.29) is 5.91 Å². The molecule has 0 bridgehead atoms. The van der Waals surface area contributed by atoms with E-state index < -0.39 is 0 Å². The van der Waals surface area contributed by atoms with Crippen LogP contribution in [0.5, 0.6) is 0 Å². The number of pyridine rings is 3. The van der Waals surface area contributed by atoms with Crippen LogP contribution < -0.4 is 5.32 Å². The molecule has 10 heteroatoms. The van der Waals surface area contributed by atoms with Crippen molar-refractivity contribution in [1.29, 1.82) is 0 Å². The molecule has 194 valence electrons. The average Bonchev–Trinajstić information content (AvgIpc) is 3.71. The maximum Gasteiger partial charge on any atom is 0.228 e. The number of imidazole rings is 1. The second-order valence-corrected chi connectivity index (χ2v) is 9.57. The summed E-state index contributed by atoms with van der Waals surface area (Å²) in [7, 11) is 0. The molecule has 0 spiro atoms. The van der Waals surface area contributed by atoms with Gasteiger partial charge in [-0.15, -0.1) is 0 Å². The number of aryl methyl sites for hydroxylation is 1. The maximum atomic E-state index is 12.6. The number of carbonyl (C=O) groups is 1. The molecule has 1 amide bonds. The Hall–Kier alpha value is -5.64. The van der Waals surface area contributed by atoms with Crippen LogP contribution in [-0.2, 0) is 11.2 Å². The van der Waals surface area contributed by atoms with Gasteiger partial charge < -0.3 is 10.3 Å². The number of aromatic amines is 2. The smallest absolute Gasteiger partial charge is 0.228 e. The average molecular weight is 526 g/mol. The van der Waals surface area contributed by atoms with E-state index in [2.05, 4.69) is 40.4 Å². The van der Waals surface area contributed by atoms with E-state index in [1.807, 2.05) is 72.3 Å². The molecule has 0 saturated heterocycles. The highest BCUT2D eigenvalue weighted by atomic mass is 16.1. The standard InChI is InChI=1S/C30H23N9O/c1-18-16-39(17-34-18)30-23-12-26(36-25(23)7-8-32-30)28-24-11-21(14-33-29(24)38-37-28)20-10-22(15-31-13-20)35-27(40)9-19-5-3-2-4-6-19/h2-8,10-17,36H,9H2,1H3,(H,35,40)(H,33,37,38). The lowest BCUT2D eigenvalue weighted by Gasteiger charge is -2.07. The van der Waals surface area contributed by atoms with Crippen LogP contribution >= 0.6 is 0 Å². The SMILES string of the molecule is Cc1cn(-c2nccc3[nH]c(-c4n[nH]c5ncc(-c6cncc(NC(=O)Cc7ccccc7)c6)cc45)cc23)cn1. The molecule has 0 saturated carbocycles. The van der Waals surface area contributed by atoms with Crippen LogP contribution in [0.1, 0.15) is 11.3 Å². The zero-order chi connectivity index (χ0) is 27.1. The van der Waals surface area contributed by atoms with Gasteiger partial charge in [0.2, 0.25) is 5.91 Å². The predicted octanol–water partition coefficient (Wildman–Crippen LogP) is 5.24. The van der Waals surface area contributed by atoms with Crippen LogP contribution in [0.4, 0.5) is 5.69 Å². The molecule has 0 atom stereocenters. The molecule has 7 aromatic rings. The number of hydrogen-bond acceptors (Lipinski definition) is 6.